The summed E-state index contributed by atoms with van der Waals surface area (Å²) >= 11 is 0. The van der Waals surface area contributed by atoms with Gasteiger partial charge in [0.25, 0.3) is 0 Å². The van der Waals surface area contributed by atoms with Crippen molar-refractivity contribution in [1.82, 2.24) is 0 Å². The normalized spacial score (nSPS) is 22.7. The van der Waals surface area contributed by atoms with Gasteiger partial charge >= 0.3 is 6.18 Å². The quantitative estimate of drug-likeness (QED) is 0.912. The Hall–Kier alpha value is -1.74. The highest BCUT2D eigenvalue weighted by molar-refractivity contribution is 5.56. The van der Waals surface area contributed by atoms with Crippen LogP contribution in [0.25, 0.3) is 0 Å². The van der Waals surface area contributed by atoms with Gasteiger partial charge in [0.15, 0.2) is 0 Å². The lowest BCUT2D eigenvalue weighted by Crippen LogP contribution is -2.39. The summed E-state index contributed by atoms with van der Waals surface area (Å²) in [5, 5.41) is 18.8. The first-order chi connectivity index (χ1) is 9.75. The van der Waals surface area contributed by atoms with Gasteiger partial charge in [0.05, 0.1) is 29.3 Å². The fraction of sp³-hybridized carbons (Fsp3) is 0.533. The number of halogens is 3. The van der Waals surface area contributed by atoms with E-state index in [0.29, 0.717) is 18.7 Å². The van der Waals surface area contributed by atoms with E-state index in [0.717, 1.165) is 6.07 Å². The van der Waals surface area contributed by atoms with E-state index in [9.17, 15) is 18.3 Å². The van der Waals surface area contributed by atoms with Crippen LogP contribution in [0.4, 0.5) is 18.9 Å². The second-order valence-corrected chi connectivity index (χ2v) is 5.62. The second kappa shape index (κ2) is 5.57. The van der Waals surface area contributed by atoms with Crippen LogP contribution in [-0.4, -0.2) is 23.8 Å². The lowest BCUT2D eigenvalue weighted by Gasteiger charge is -2.31. The van der Waals surface area contributed by atoms with Crippen LogP contribution in [-0.2, 0) is 6.18 Å². The van der Waals surface area contributed by atoms with E-state index in [1.165, 1.54) is 12.1 Å². The van der Waals surface area contributed by atoms with Gasteiger partial charge in [-0.2, -0.15) is 18.4 Å². The van der Waals surface area contributed by atoms with Gasteiger partial charge in [-0.15, -0.1) is 0 Å². The Balaban J connectivity index is 2.44. The lowest BCUT2D eigenvalue weighted by molar-refractivity contribution is -0.137. The summed E-state index contributed by atoms with van der Waals surface area (Å²) in [6.45, 7) is 4.37. The monoisotopic (exact) mass is 298 g/mol. The van der Waals surface area contributed by atoms with Crippen molar-refractivity contribution in [3.05, 3.63) is 29.3 Å². The Labute approximate surface area is 121 Å². The van der Waals surface area contributed by atoms with Crippen LogP contribution >= 0.6 is 0 Å². The number of benzene rings is 1. The predicted octanol–water partition coefficient (Wildman–Crippen LogP) is 3.17. The summed E-state index contributed by atoms with van der Waals surface area (Å²) in [4.78, 5) is 1.80. The third-order valence-electron chi connectivity index (χ3n) is 3.86. The summed E-state index contributed by atoms with van der Waals surface area (Å²) in [5.41, 5.74) is -0.907. The van der Waals surface area contributed by atoms with Crippen molar-refractivity contribution in [3.63, 3.8) is 0 Å². The molecule has 1 aliphatic heterocycles. The molecule has 1 saturated heterocycles. The highest BCUT2D eigenvalue weighted by Crippen LogP contribution is 2.37. The maximum absolute atomic E-state index is 13.0. The molecule has 6 heteroatoms. The van der Waals surface area contributed by atoms with Crippen molar-refractivity contribution in [2.24, 2.45) is 5.92 Å². The SMILES string of the molecule is CC(C)[C@H]1[C@H](O)CCN1c1ccc(C#N)c(C(F)(F)F)c1. The van der Waals surface area contributed by atoms with Crippen LogP contribution in [0, 0.1) is 17.2 Å². The molecule has 0 aliphatic carbocycles. The molecule has 2 rings (SSSR count). The molecule has 114 valence electrons. The largest absolute Gasteiger partial charge is 0.417 e. The van der Waals surface area contributed by atoms with Gasteiger partial charge in [0.2, 0.25) is 0 Å². The number of aliphatic hydroxyl groups excluding tert-OH is 1. The number of aliphatic hydroxyl groups is 1. The molecule has 1 fully saturated rings. The molecule has 2 atom stereocenters. The fourth-order valence-corrected chi connectivity index (χ4v) is 2.95. The minimum Gasteiger partial charge on any atom is -0.391 e. The molecule has 0 saturated carbocycles. The molecule has 1 aromatic rings. The van der Waals surface area contributed by atoms with Gasteiger partial charge in [0.1, 0.15) is 0 Å². The zero-order valence-electron chi connectivity index (χ0n) is 11.9. The van der Waals surface area contributed by atoms with Gasteiger partial charge in [-0.25, -0.2) is 0 Å². The molecular weight excluding hydrogens is 281 g/mol. The first-order valence-electron chi connectivity index (χ1n) is 6.81. The molecule has 21 heavy (non-hydrogen) atoms. The molecule has 1 heterocycles. The molecule has 1 aliphatic rings. The first kappa shape index (κ1) is 15.6. The van der Waals surface area contributed by atoms with Crippen LogP contribution < -0.4 is 4.90 Å². The summed E-state index contributed by atoms with van der Waals surface area (Å²) in [6.07, 6.45) is -4.58. The van der Waals surface area contributed by atoms with Crippen LogP contribution in [0.5, 0.6) is 0 Å². The predicted molar refractivity (Wildman–Crippen MR) is 72.8 cm³/mol. The Morgan fingerprint density at radius 3 is 2.57 bits per heavy atom. The molecule has 0 bridgehead atoms. The molecule has 3 nitrogen and oxygen atoms in total. The number of rotatable bonds is 2. The molecule has 0 radical (unpaired) electrons. The Bertz CT molecular complexity index is 563. The lowest BCUT2D eigenvalue weighted by atomic mass is 9.98. The van der Waals surface area contributed by atoms with Crippen molar-refractivity contribution in [1.29, 1.82) is 5.26 Å². The van der Waals surface area contributed by atoms with E-state index in [2.05, 4.69) is 0 Å². The maximum atomic E-state index is 13.0. The average Bonchev–Trinajstić information content (AvgIpc) is 2.79. The smallest absolute Gasteiger partial charge is 0.391 e. The summed E-state index contributed by atoms with van der Waals surface area (Å²) in [7, 11) is 0. The van der Waals surface area contributed by atoms with Gasteiger partial charge in [0, 0.05) is 12.2 Å². The fourth-order valence-electron chi connectivity index (χ4n) is 2.95. The minimum atomic E-state index is -4.56. The number of alkyl halides is 3. The molecule has 1 N–H and O–H groups in total. The number of hydrogen-bond donors (Lipinski definition) is 1. The van der Waals surface area contributed by atoms with E-state index in [4.69, 9.17) is 5.26 Å². The van der Waals surface area contributed by atoms with Crippen molar-refractivity contribution >= 4 is 5.69 Å². The number of nitrogens with zero attached hydrogens (tertiary/aromatic N) is 2. The minimum absolute atomic E-state index is 0.118. The zero-order valence-corrected chi connectivity index (χ0v) is 11.9. The van der Waals surface area contributed by atoms with Crippen molar-refractivity contribution in [2.45, 2.75) is 38.6 Å². The molecule has 0 aromatic heterocycles. The third kappa shape index (κ3) is 2.98. The van der Waals surface area contributed by atoms with Crippen molar-refractivity contribution in [3.8, 4) is 6.07 Å². The highest BCUT2D eigenvalue weighted by atomic mass is 19.4. The van der Waals surface area contributed by atoms with Crippen molar-refractivity contribution in [2.75, 3.05) is 11.4 Å². The second-order valence-electron chi connectivity index (χ2n) is 5.62. The van der Waals surface area contributed by atoms with E-state index < -0.39 is 17.8 Å². The summed E-state index contributed by atoms with van der Waals surface area (Å²) < 4.78 is 39.0. The van der Waals surface area contributed by atoms with E-state index >= 15 is 0 Å². The topological polar surface area (TPSA) is 47.3 Å². The number of nitriles is 1. The first-order valence-corrected chi connectivity index (χ1v) is 6.81. The molecule has 0 spiro atoms. The van der Waals surface area contributed by atoms with Gasteiger partial charge in [-0.3, -0.25) is 0 Å². The maximum Gasteiger partial charge on any atom is 0.417 e. The Kier molecular flexibility index (Phi) is 4.15. The standard InChI is InChI=1S/C15H17F3N2O/c1-9(2)14-13(21)5-6-20(14)11-4-3-10(8-19)12(7-11)15(16,17)18/h3-4,7,9,13-14,21H,5-6H2,1-2H3/t13-,14+/m1/s1. The van der Waals surface area contributed by atoms with Crippen molar-refractivity contribution < 1.29 is 18.3 Å². The zero-order chi connectivity index (χ0) is 15.8. The average molecular weight is 298 g/mol. The Morgan fingerprint density at radius 2 is 2.05 bits per heavy atom. The molecule has 1 aromatic carbocycles. The van der Waals surface area contributed by atoms with E-state index in [1.54, 1.807) is 11.0 Å². The third-order valence-corrected chi connectivity index (χ3v) is 3.86. The van der Waals surface area contributed by atoms with E-state index in [-0.39, 0.29) is 17.5 Å². The number of hydrogen-bond acceptors (Lipinski definition) is 3. The summed E-state index contributed by atoms with van der Waals surface area (Å²) in [6, 6.07) is 5.08. The van der Waals surface area contributed by atoms with Crippen LogP contribution in [0.2, 0.25) is 0 Å². The highest BCUT2D eigenvalue weighted by Gasteiger charge is 2.38. The molecule has 0 unspecified atom stereocenters. The van der Waals surface area contributed by atoms with Crippen LogP contribution in [0.15, 0.2) is 18.2 Å². The van der Waals surface area contributed by atoms with Crippen LogP contribution in [0.1, 0.15) is 31.4 Å². The number of anilines is 1. The van der Waals surface area contributed by atoms with Crippen LogP contribution in [0.3, 0.4) is 0 Å². The van der Waals surface area contributed by atoms with Gasteiger partial charge in [-0.1, -0.05) is 13.8 Å². The molecule has 0 amide bonds. The van der Waals surface area contributed by atoms with E-state index in [1.807, 2.05) is 13.8 Å². The molecular formula is C15H17F3N2O. The Morgan fingerprint density at radius 1 is 1.38 bits per heavy atom. The van der Waals surface area contributed by atoms with Gasteiger partial charge in [-0.05, 0) is 30.5 Å². The summed E-state index contributed by atoms with van der Waals surface area (Å²) in [5.74, 6) is 0.118. The van der Waals surface area contributed by atoms with Gasteiger partial charge < -0.3 is 10.0 Å².